The maximum absolute atomic E-state index is 10.5. The zero-order valence-corrected chi connectivity index (χ0v) is 11.2. The van der Waals surface area contributed by atoms with Gasteiger partial charge in [-0.1, -0.05) is 29.8 Å². The molecule has 1 aromatic carbocycles. The van der Waals surface area contributed by atoms with Gasteiger partial charge in [-0.05, 0) is 23.9 Å². The van der Waals surface area contributed by atoms with E-state index in [9.17, 15) is 5.11 Å². The standard InChI is InChI=1S/C14H13ClO2S/c15-11-6-8-18-14(11)13(16)10-5-7-17-12-4-2-1-3-9(10)12/h1-4,6,8,10,13,16H,5,7H2. The molecule has 1 N–H and O–H groups in total. The lowest BCUT2D eigenvalue weighted by atomic mass is 9.87. The van der Waals surface area contributed by atoms with Crippen LogP contribution in [-0.4, -0.2) is 11.7 Å². The molecule has 1 aromatic heterocycles. The van der Waals surface area contributed by atoms with E-state index in [1.54, 1.807) is 0 Å². The predicted molar refractivity (Wildman–Crippen MR) is 73.6 cm³/mol. The fourth-order valence-electron chi connectivity index (χ4n) is 2.40. The first-order chi connectivity index (χ1) is 8.77. The van der Waals surface area contributed by atoms with E-state index < -0.39 is 6.10 Å². The second kappa shape index (κ2) is 4.92. The van der Waals surface area contributed by atoms with Crippen molar-refractivity contribution in [3.05, 3.63) is 51.2 Å². The molecule has 2 aromatic rings. The fraction of sp³-hybridized carbons (Fsp3) is 0.286. The molecule has 4 heteroatoms. The maximum atomic E-state index is 10.5. The summed E-state index contributed by atoms with van der Waals surface area (Å²) in [5.41, 5.74) is 1.07. The summed E-state index contributed by atoms with van der Waals surface area (Å²) in [6.45, 7) is 0.641. The third kappa shape index (κ3) is 2.03. The van der Waals surface area contributed by atoms with Gasteiger partial charge in [0.25, 0.3) is 0 Å². The average molecular weight is 281 g/mol. The molecule has 3 rings (SSSR count). The fourth-order valence-corrected chi connectivity index (χ4v) is 3.61. The molecule has 0 radical (unpaired) electrons. The van der Waals surface area contributed by atoms with Gasteiger partial charge in [0.1, 0.15) is 5.75 Å². The van der Waals surface area contributed by atoms with Crippen molar-refractivity contribution in [1.82, 2.24) is 0 Å². The lowest BCUT2D eigenvalue weighted by molar-refractivity contribution is 0.120. The highest BCUT2D eigenvalue weighted by Gasteiger charge is 2.30. The van der Waals surface area contributed by atoms with Gasteiger partial charge >= 0.3 is 0 Å². The molecule has 2 unspecified atom stereocenters. The monoisotopic (exact) mass is 280 g/mol. The summed E-state index contributed by atoms with van der Waals surface area (Å²) in [6, 6.07) is 9.72. The lowest BCUT2D eigenvalue weighted by Gasteiger charge is -2.29. The summed E-state index contributed by atoms with van der Waals surface area (Å²) in [5.74, 6) is 0.937. The molecule has 2 nitrogen and oxygen atoms in total. The molecule has 0 saturated carbocycles. The van der Waals surface area contributed by atoms with Gasteiger partial charge < -0.3 is 9.84 Å². The molecule has 94 valence electrons. The van der Waals surface area contributed by atoms with E-state index in [1.165, 1.54) is 11.3 Å². The van der Waals surface area contributed by atoms with Crippen molar-refractivity contribution in [3.63, 3.8) is 0 Å². The van der Waals surface area contributed by atoms with Crippen molar-refractivity contribution in [2.24, 2.45) is 0 Å². The van der Waals surface area contributed by atoms with E-state index >= 15 is 0 Å². The molecule has 1 aliphatic heterocycles. The number of fused-ring (bicyclic) bond motifs is 1. The normalized spacial score (nSPS) is 20.0. The maximum Gasteiger partial charge on any atom is 0.122 e. The highest BCUT2D eigenvalue weighted by molar-refractivity contribution is 7.10. The summed E-state index contributed by atoms with van der Waals surface area (Å²) >= 11 is 7.60. The number of hydrogen-bond donors (Lipinski definition) is 1. The summed E-state index contributed by atoms with van der Waals surface area (Å²) < 4.78 is 5.61. The summed E-state index contributed by atoms with van der Waals surface area (Å²) in [4.78, 5) is 0.846. The van der Waals surface area contributed by atoms with Gasteiger partial charge in [0.15, 0.2) is 0 Å². The summed E-state index contributed by atoms with van der Waals surface area (Å²) in [6.07, 6.45) is 0.259. The Kier molecular flexibility index (Phi) is 3.29. The van der Waals surface area contributed by atoms with Crippen LogP contribution in [0.25, 0.3) is 0 Å². The van der Waals surface area contributed by atoms with Gasteiger partial charge in [0.2, 0.25) is 0 Å². The van der Waals surface area contributed by atoms with Gasteiger partial charge in [-0.2, -0.15) is 0 Å². The van der Waals surface area contributed by atoms with Crippen LogP contribution in [-0.2, 0) is 0 Å². The van der Waals surface area contributed by atoms with Crippen LogP contribution in [0.3, 0.4) is 0 Å². The smallest absolute Gasteiger partial charge is 0.122 e. The van der Waals surface area contributed by atoms with Crippen LogP contribution in [0.2, 0.25) is 5.02 Å². The predicted octanol–water partition coefficient (Wildman–Crippen LogP) is 4.00. The van der Waals surface area contributed by atoms with Crippen molar-refractivity contribution < 1.29 is 9.84 Å². The zero-order chi connectivity index (χ0) is 12.5. The minimum Gasteiger partial charge on any atom is -0.493 e. The number of thiophene rings is 1. The van der Waals surface area contributed by atoms with Gasteiger partial charge in [0, 0.05) is 11.5 Å². The largest absolute Gasteiger partial charge is 0.493 e. The van der Waals surface area contributed by atoms with E-state index in [0.29, 0.717) is 11.6 Å². The molecule has 0 spiro atoms. The van der Waals surface area contributed by atoms with Crippen molar-refractivity contribution >= 4 is 22.9 Å². The quantitative estimate of drug-likeness (QED) is 0.901. The Balaban J connectivity index is 1.97. The third-order valence-corrected chi connectivity index (χ3v) is 4.73. The molecule has 0 fully saturated rings. The molecular weight excluding hydrogens is 268 g/mol. The van der Waals surface area contributed by atoms with E-state index in [2.05, 4.69) is 0 Å². The highest BCUT2D eigenvalue weighted by Crippen LogP contribution is 2.44. The molecule has 0 amide bonds. The Morgan fingerprint density at radius 2 is 2.17 bits per heavy atom. The molecule has 2 atom stereocenters. The minimum absolute atomic E-state index is 0.0612. The van der Waals surface area contributed by atoms with Gasteiger partial charge in [-0.3, -0.25) is 0 Å². The van der Waals surface area contributed by atoms with Gasteiger partial charge in [-0.15, -0.1) is 11.3 Å². The zero-order valence-electron chi connectivity index (χ0n) is 9.67. The number of ether oxygens (including phenoxy) is 1. The van der Waals surface area contributed by atoms with Crippen LogP contribution in [0.5, 0.6) is 5.75 Å². The van der Waals surface area contributed by atoms with Crippen molar-refractivity contribution in [1.29, 1.82) is 0 Å². The SMILES string of the molecule is OC(c1sccc1Cl)C1CCOc2ccccc21. The van der Waals surface area contributed by atoms with E-state index in [-0.39, 0.29) is 5.92 Å². The number of aliphatic hydroxyl groups excluding tert-OH is 1. The van der Waals surface area contributed by atoms with Crippen molar-refractivity contribution in [2.45, 2.75) is 18.4 Å². The Bertz CT molecular complexity index is 552. The van der Waals surface area contributed by atoms with Crippen LogP contribution < -0.4 is 4.74 Å². The third-order valence-electron chi connectivity index (χ3n) is 3.30. The second-order valence-electron chi connectivity index (χ2n) is 4.36. The molecular formula is C14H13ClO2S. The molecule has 18 heavy (non-hydrogen) atoms. The first-order valence-electron chi connectivity index (χ1n) is 5.90. The molecule has 0 aliphatic carbocycles. The summed E-state index contributed by atoms with van der Waals surface area (Å²) in [5, 5.41) is 13.1. The first-order valence-corrected chi connectivity index (χ1v) is 7.16. The van der Waals surface area contributed by atoms with Crippen LogP contribution >= 0.6 is 22.9 Å². The van der Waals surface area contributed by atoms with Crippen LogP contribution in [0, 0.1) is 0 Å². The average Bonchev–Trinajstić information content (AvgIpc) is 2.83. The Hall–Kier alpha value is -1.03. The van der Waals surface area contributed by atoms with Crippen molar-refractivity contribution in [2.75, 3.05) is 6.61 Å². The van der Waals surface area contributed by atoms with Crippen LogP contribution in [0.4, 0.5) is 0 Å². The van der Waals surface area contributed by atoms with Gasteiger partial charge in [-0.25, -0.2) is 0 Å². The van der Waals surface area contributed by atoms with Crippen molar-refractivity contribution in [3.8, 4) is 5.75 Å². The molecule has 1 aliphatic rings. The Labute approximate surface area is 115 Å². The van der Waals surface area contributed by atoms with E-state index in [1.807, 2.05) is 35.7 Å². The number of hydrogen-bond acceptors (Lipinski definition) is 3. The summed E-state index contributed by atoms with van der Waals surface area (Å²) in [7, 11) is 0. The first kappa shape index (κ1) is 12.0. The molecule has 2 heterocycles. The van der Waals surface area contributed by atoms with Crippen LogP contribution in [0.1, 0.15) is 28.9 Å². The number of halogens is 1. The van der Waals surface area contributed by atoms with E-state index in [0.717, 1.165) is 22.6 Å². The lowest BCUT2D eigenvalue weighted by Crippen LogP contribution is -2.19. The number of para-hydroxylation sites is 1. The Morgan fingerprint density at radius 1 is 1.33 bits per heavy atom. The van der Waals surface area contributed by atoms with Crippen LogP contribution in [0.15, 0.2) is 35.7 Å². The minimum atomic E-state index is -0.553. The van der Waals surface area contributed by atoms with E-state index in [4.69, 9.17) is 16.3 Å². The highest BCUT2D eigenvalue weighted by atomic mass is 35.5. The number of aliphatic hydroxyl groups is 1. The second-order valence-corrected chi connectivity index (χ2v) is 5.71. The molecule has 0 saturated heterocycles. The Morgan fingerprint density at radius 3 is 2.94 bits per heavy atom. The molecule has 0 bridgehead atoms. The topological polar surface area (TPSA) is 29.5 Å². The number of benzene rings is 1. The van der Waals surface area contributed by atoms with Gasteiger partial charge in [0.05, 0.1) is 22.6 Å². The number of rotatable bonds is 2.